The van der Waals surface area contributed by atoms with E-state index in [1.165, 1.54) is 71.0 Å². The van der Waals surface area contributed by atoms with E-state index in [1.807, 2.05) is 6.92 Å². The topological polar surface area (TPSA) is 29.5 Å². The summed E-state index contributed by atoms with van der Waals surface area (Å²) in [6.45, 7) is 6.20. The molecule has 1 saturated carbocycles. The zero-order valence-corrected chi connectivity index (χ0v) is 13.9. The number of esters is 1. The third kappa shape index (κ3) is 5.61. The molecule has 1 heterocycles. The van der Waals surface area contributed by atoms with Crippen molar-refractivity contribution in [2.24, 2.45) is 5.41 Å². The van der Waals surface area contributed by atoms with Crippen LogP contribution >= 0.6 is 0 Å². The van der Waals surface area contributed by atoms with E-state index in [0.717, 1.165) is 18.3 Å². The molecule has 0 aromatic rings. The number of ether oxygens (including phenoxy) is 1. The van der Waals surface area contributed by atoms with Crippen molar-refractivity contribution in [3.63, 3.8) is 0 Å². The van der Waals surface area contributed by atoms with E-state index in [1.54, 1.807) is 0 Å². The van der Waals surface area contributed by atoms with Crippen LogP contribution in [0.1, 0.15) is 77.6 Å². The fourth-order valence-electron chi connectivity index (χ4n) is 4.07. The van der Waals surface area contributed by atoms with Crippen molar-refractivity contribution in [2.75, 3.05) is 26.2 Å². The average molecular weight is 295 g/mol. The SMILES string of the molecule is CCOC(=O)CCCCCN1CCC2(CCCCC2)CC1. The lowest BCUT2D eigenvalue weighted by Crippen LogP contribution is -2.41. The van der Waals surface area contributed by atoms with Crippen LogP contribution in [-0.2, 0) is 9.53 Å². The normalized spacial score (nSPS) is 22.3. The van der Waals surface area contributed by atoms with Crippen LogP contribution in [0.4, 0.5) is 0 Å². The van der Waals surface area contributed by atoms with Crippen molar-refractivity contribution in [1.29, 1.82) is 0 Å². The van der Waals surface area contributed by atoms with E-state index in [4.69, 9.17) is 4.74 Å². The zero-order chi connectivity index (χ0) is 15.0. The standard InChI is InChI=1S/C18H33NO2/c1-2-21-17(20)9-5-3-8-14-19-15-12-18(13-16-19)10-6-4-7-11-18/h2-16H2,1H3. The van der Waals surface area contributed by atoms with Gasteiger partial charge >= 0.3 is 5.97 Å². The second-order valence-electron chi connectivity index (χ2n) is 7.02. The first-order valence-electron chi connectivity index (χ1n) is 9.12. The molecule has 21 heavy (non-hydrogen) atoms. The Morgan fingerprint density at radius 1 is 1.00 bits per heavy atom. The minimum Gasteiger partial charge on any atom is -0.466 e. The highest BCUT2D eigenvalue weighted by Crippen LogP contribution is 2.44. The van der Waals surface area contributed by atoms with Gasteiger partial charge in [-0.3, -0.25) is 4.79 Å². The molecule has 1 spiro atoms. The molecule has 2 rings (SSSR count). The van der Waals surface area contributed by atoms with Crippen LogP contribution in [0.25, 0.3) is 0 Å². The Morgan fingerprint density at radius 3 is 2.38 bits per heavy atom. The summed E-state index contributed by atoms with van der Waals surface area (Å²) >= 11 is 0. The highest BCUT2D eigenvalue weighted by molar-refractivity contribution is 5.69. The molecule has 0 atom stereocenters. The Morgan fingerprint density at radius 2 is 1.71 bits per heavy atom. The summed E-state index contributed by atoms with van der Waals surface area (Å²) in [7, 11) is 0. The molecule has 3 heteroatoms. The van der Waals surface area contributed by atoms with Gasteiger partial charge in [0.25, 0.3) is 0 Å². The van der Waals surface area contributed by atoms with Gasteiger partial charge in [-0.15, -0.1) is 0 Å². The lowest BCUT2D eigenvalue weighted by Gasteiger charge is -2.44. The fourth-order valence-corrected chi connectivity index (χ4v) is 4.07. The van der Waals surface area contributed by atoms with Crippen molar-refractivity contribution >= 4 is 5.97 Å². The number of carbonyl (C=O) groups is 1. The third-order valence-corrected chi connectivity index (χ3v) is 5.49. The first-order valence-corrected chi connectivity index (χ1v) is 9.12. The predicted molar refractivity (Wildman–Crippen MR) is 86.3 cm³/mol. The molecule has 1 aliphatic heterocycles. The molecule has 0 N–H and O–H groups in total. The summed E-state index contributed by atoms with van der Waals surface area (Å²) in [5.41, 5.74) is 0.721. The van der Waals surface area contributed by atoms with Gasteiger partial charge in [-0.1, -0.05) is 25.7 Å². The van der Waals surface area contributed by atoms with Crippen molar-refractivity contribution in [3.05, 3.63) is 0 Å². The maximum absolute atomic E-state index is 11.2. The van der Waals surface area contributed by atoms with Crippen molar-refractivity contribution in [3.8, 4) is 0 Å². The van der Waals surface area contributed by atoms with E-state index in [9.17, 15) is 4.79 Å². The van der Waals surface area contributed by atoms with Crippen molar-refractivity contribution < 1.29 is 9.53 Å². The van der Waals surface area contributed by atoms with Crippen LogP contribution in [0, 0.1) is 5.41 Å². The molecule has 0 unspecified atom stereocenters. The number of hydrogen-bond acceptors (Lipinski definition) is 3. The molecule has 0 amide bonds. The molecule has 3 nitrogen and oxygen atoms in total. The van der Waals surface area contributed by atoms with Crippen LogP contribution in [0.3, 0.4) is 0 Å². The maximum atomic E-state index is 11.2. The van der Waals surface area contributed by atoms with E-state index in [0.29, 0.717) is 13.0 Å². The molecule has 0 aromatic heterocycles. The largest absolute Gasteiger partial charge is 0.466 e. The Balaban J connectivity index is 1.52. The van der Waals surface area contributed by atoms with Gasteiger partial charge in [-0.25, -0.2) is 0 Å². The number of nitrogens with zero attached hydrogens (tertiary/aromatic N) is 1. The lowest BCUT2D eigenvalue weighted by atomic mass is 9.68. The fraction of sp³-hybridized carbons (Fsp3) is 0.944. The summed E-state index contributed by atoms with van der Waals surface area (Å²) in [5.74, 6) is -0.0327. The van der Waals surface area contributed by atoms with Gasteiger partial charge in [0, 0.05) is 6.42 Å². The molecule has 1 saturated heterocycles. The van der Waals surface area contributed by atoms with Gasteiger partial charge in [0.15, 0.2) is 0 Å². The highest BCUT2D eigenvalue weighted by atomic mass is 16.5. The summed E-state index contributed by atoms with van der Waals surface area (Å²) < 4.78 is 4.95. The summed E-state index contributed by atoms with van der Waals surface area (Å²) in [6, 6.07) is 0. The summed E-state index contributed by atoms with van der Waals surface area (Å²) in [4.78, 5) is 13.9. The van der Waals surface area contributed by atoms with Gasteiger partial charge in [0.05, 0.1) is 6.61 Å². The average Bonchev–Trinajstić information content (AvgIpc) is 2.50. The first kappa shape index (κ1) is 16.8. The molecule has 2 aliphatic rings. The van der Waals surface area contributed by atoms with Gasteiger partial charge in [0.2, 0.25) is 0 Å². The number of hydrogen-bond donors (Lipinski definition) is 0. The molecule has 122 valence electrons. The maximum Gasteiger partial charge on any atom is 0.305 e. The number of likely N-dealkylation sites (tertiary alicyclic amines) is 1. The Labute approximate surface area is 130 Å². The Kier molecular flexibility index (Phi) is 7.01. The van der Waals surface area contributed by atoms with Gasteiger partial charge < -0.3 is 9.64 Å². The molecular formula is C18H33NO2. The first-order chi connectivity index (χ1) is 10.2. The predicted octanol–water partition coefficient (Wildman–Crippen LogP) is 4.16. The third-order valence-electron chi connectivity index (χ3n) is 5.49. The molecule has 0 radical (unpaired) electrons. The Bertz CT molecular complexity index is 300. The van der Waals surface area contributed by atoms with E-state index < -0.39 is 0 Å². The Hall–Kier alpha value is -0.570. The van der Waals surface area contributed by atoms with Crippen LogP contribution in [0.5, 0.6) is 0 Å². The minimum absolute atomic E-state index is 0.0327. The quantitative estimate of drug-likeness (QED) is 0.522. The van der Waals surface area contributed by atoms with Crippen LogP contribution in [-0.4, -0.2) is 37.1 Å². The molecule has 2 fully saturated rings. The second kappa shape index (κ2) is 8.77. The summed E-state index contributed by atoms with van der Waals surface area (Å²) in [5, 5.41) is 0. The van der Waals surface area contributed by atoms with Gasteiger partial charge in [0.1, 0.15) is 0 Å². The molecule has 0 bridgehead atoms. The van der Waals surface area contributed by atoms with E-state index in [2.05, 4.69) is 4.90 Å². The highest BCUT2D eigenvalue weighted by Gasteiger charge is 2.35. The number of unbranched alkanes of at least 4 members (excludes halogenated alkanes) is 2. The molecule has 1 aliphatic carbocycles. The van der Waals surface area contributed by atoms with Crippen LogP contribution < -0.4 is 0 Å². The second-order valence-corrected chi connectivity index (χ2v) is 7.02. The number of piperidine rings is 1. The molecule has 0 aromatic carbocycles. The van der Waals surface area contributed by atoms with Crippen molar-refractivity contribution in [1.82, 2.24) is 4.90 Å². The smallest absolute Gasteiger partial charge is 0.305 e. The van der Waals surface area contributed by atoms with E-state index in [-0.39, 0.29) is 5.97 Å². The lowest BCUT2D eigenvalue weighted by molar-refractivity contribution is -0.143. The van der Waals surface area contributed by atoms with Gasteiger partial charge in [-0.05, 0) is 70.5 Å². The number of carbonyl (C=O) groups excluding carboxylic acids is 1. The van der Waals surface area contributed by atoms with Crippen molar-refractivity contribution in [2.45, 2.75) is 77.6 Å². The number of rotatable bonds is 7. The monoisotopic (exact) mass is 295 g/mol. The van der Waals surface area contributed by atoms with Gasteiger partial charge in [-0.2, -0.15) is 0 Å². The van der Waals surface area contributed by atoms with Crippen LogP contribution in [0.2, 0.25) is 0 Å². The minimum atomic E-state index is -0.0327. The van der Waals surface area contributed by atoms with Crippen LogP contribution in [0.15, 0.2) is 0 Å². The van der Waals surface area contributed by atoms with E-state index >= 15 is 0 Å². The summed E-state index contributed by atoms with van der Waals surface area (Å²) in [6.07, 6.45) is 14.2. The zero-order valence-electron chi connectivity index (χ0n) is 13.9. The molecular weight excluding hydrogens is 262 g/mol.